The summed E-state index contributed by atoms with van der Waals surface area (Å²) in [5, 5.41) is 7.00. The standard InChI is InChI=1S/C13H21N3O/c1-10-7-12(13(17-2)9-15-10)16-11-5-3-4-6-14-8-11/h7,9,11,14H,3-6,8H2,1-2H3,(H,15,16). The monoisotopic (exact) mass is 235 g/mol. The highest BCUT2D eigenvalue weighted by molar-refractivity contribution is 5.56. The molecule has 0 aromatic carbocycles. The van der Waals surface area contributed by atoms with Gasteiger partial charge in [-0.05, 0) is 32.4 Å². The molecule has 1 aromatic heterocycles. The average molecular weight is 235 g/mol. The Labute approximate surface area is 103 Å². The molecule has 1 unspecified atom stereocenters. The van der Waals surface area contributed by atoms with E-state index in [4.69, 9.17) is 4.74 Å². The number of aryl methyl sites for hydroxylation is 1. The summed E-state index contributed by atoms with van der Waals surface area (Å²) in [5.41, 5.74) is 2.06. The maximum absolute atomic E-state index is 5.33. The molecule has 1 aromatic rings. The third kappa shape index (κ3) is 3.33. The number of pyridine rings is 1. The van der Waals surface area contributed by atoms with Crippen LogP contribution < -0.4 is 15.4 Å². The predicted molar refractivity (Wildman–Crippen MR) is 69.7 cm³/mol. The minimum absolute atomic E-state index is 0.480. The molecule has 0 spiro atoms. The first-order chi connectivity index (χ1) is 8.29. The molecule has 0 aliphatic carbocycles. The summed E-state index contributed by atoms with van der Waals surface area (Å²) in [6, 6.07) is 2.53. The number of methoxy groups -OCH3 is 1. The Balaban J connectivity index is 2.07. The predicted octanol–water partition coefficient (Wildman–Crippen LogP) is 1.95. The van der Waals surface area contributed by atoms with Gasteiger partial charge in [0.2, 0.25) is 0 Å². The van der Waals surface area contributed by atoms with Gasteiger partial charge in [0.25, 0.3) is 0 Å². The van der Waals surface area contributed by atoms with Crippen LogP contribution in [0.5, 0.6) is 5.75 Å². The van der Waals surface area contributed by atoms with E-state index in [0.717, 1.165) is 30.2 Å². The van der Waals surface area contributed by atoms with Crippen LogP contribution in [-0.4, -0.2) is 31.2 Å². The lowest BCUT2D eigenvalue weighted by Gasteiger charge is -2.19. The van der Waals surface area contributed by atoms with Gasteiger partial charge in [-0.15, -0.1) is 0 Å². The lowest BCUT2D eigenvalue weighted by molar-refractivity contribution is 0.413. The molecule has 1 atom stereocenters. The maximum atomic E-state index is 5.33. The molecule has 0 radical (unpaired) electrons. The van der Waals surface area contributed by atoms with Crippen LogP contribution in [0, 0.1) is 6.92 Å². The van der Waals surface area contributed by atoms with E-state index in [1.807, 2.05) is 13.0 Å². The fraction of sp³-hybridized carbons (Fsp3) is 0.615. The molecule has 17 heavy (non-hydrogen) atoms. The molecule has 2 rings (SSSR count). The van der Waals surface area contributed by atoms with Crippen molar-refractivity contribution in [2.45, 2.75) is 32.2 Å². The van der Waals surface area contributed by atoms with Crippen molar-refractivity contribution in [3.05, 3.63) is 18.0 Å². The number of nitrogens with zero attached hydrogens (tertiary/aromatic N) is 1. The highest BCUT2D eigenvalue weighted by Crippen LogP contribution is 2.25. The van der Waals surface area contributed by atoms with Gasteiger partial charge in [0.15, 0.2) is 5.75 Å². The van der Waals surface area contributed by atoms with Crippen LogP contribution in [0.1, 0.15) is 25.0 Å². The second-order valence-corrected chi connectivity index (χ2v) is 4.57. The lowest BCUT2D eigenvalue weighted by Crippen LogP contribution is -2.31. The van der Waals surface area contributed by atoms with Gasteiger partial charge in [-0.25, -0.2) is 0 Å². The first-order valence-corrected chi connectivity index (χ1v) is 6.27. The molecule has 2 heterocycles. The average Bonchev–Trinajstić information content (AvgIpc) is 2.58. The number of hydrogen-bond acceptors (Lipinski definition) is 4. The molecular weight excluding hydrogens is 214 g/mol. The van der Waals surface area contributed by atoms with Gasteiger partial charge in [0.1, 0.15) is 0 Å². The molecule has 4 nitrogen and oxygen atoms in total. The van der Waals surface area contributed by atoms with Gasteiger partial charge in [-0.1, -0.05) is 6.42 Å². The molecule has 4 heteroatoms. The summed E-state index contributed by atoms with van der Waals surface area (Å²) >= 11 is 0. The Bertz CT molecular complexity index is 360. The first-order valence-electron chi connectivity index (χ1n) is 6.27. The van der Waals surface area contributed by atoms with Crippen molar-refractivity contribution in [3.8, 4) is 5.75 Å². The van der Waals surface area contributed by atoms with Crippen LogP contribution in [0.15, 0.2) is 12.3 Å². The third-order valence-corrected chi connectivity index (χ3v) is 3.13. The number of hydrogen-bond donors (Lipinski definition) is 2. The number of aromatic nitrogens is 1. The van der Waals surface area contributed by atoms with Crippen molar-refractivity contribution >= 4 is 5.69 Å². The van der Waals surface area contributed by atoms with Crippen molar-refractivity contribution in [1.82, 2.24) is 10.3 Å². The van der Waals surface area contributed by atoms with Crippen molar-refractivity contribution in [3.63, 3.8) is 0 Å². The van der Waals surface area contributed by atoms with E-state index in [9.17, 15) is 0 Å². The highest BCUT2D eigenvalue weighted by atomic mass is 16.5. The molecule has 1 saturated heterocycles. The maximum Gasteiger partial charge on any atom is 0.160 e. The van der Waals surface area contributed by atoms with Crippen LogP contribution in [0.3, 0.4) is 0 Å². The Hall–Kier alpha value is -1.29. The molecule has 94 valence electrons. The summed E-state index contributed by atoms with van der Waals surface area (Å²) in [6.45, 7) is 4.14. The molecule has 0 bridgehead atoms. The molecule has 1 fully saturated rings. The molecule has 1 aliphatic heterocycles. The topological polar surface area (TPSA) is 46.2 Å². The Morgan fingerprint density at radius 3 is 3.18 bits per heavy atom. The van der Waals surface area contributed by atoms with Crippen LogP contribution in [0.4, 0.5) is 5.69 Å². The van der Waals surface area contributed by atoms with E-state index in [2.05, 4.69) is 15.6 Å². The zero-order valence-electron chi connectivity index (χ0n) is 10.6. The van der Waals surface area contributed by atoms with Crippen molar-refractivity contribution in [1.29, 1.82) is 0 Å². The second-order valence-electron chi connectivity index (χ2n) is 4.57. The van der Waals surface area contributed by atoms with Crippen molar-refractivity contribution in [2.24, 2.45) is 0 Å². The Morgan fingerprint density at radius 2 is 2.35 bits per heavy atom. The molecule has 2 N–H and O–H groups in total. The smallest absolute Gasteiger partial charge is 0.160 e. The van der Waals surface area contributed by atoms with E-state index >= 15 is 0 Å². The van der Waals surface area contributed by atoms with E-state index in [1.54, 1.807) is 13.3 Å². The van der Waals surface area contributed by atoms with E-state index in [-0.39, 0.29) is 0 Å². The largest absolute Gasteiger partial charge is 0.493 e. The minimum Gasteiger partial charge on any atom is -0.493 e. The fourth-order valence-electron chi connectivity index (χ4n) is 2.18. The first kappa shape index (κ1) is 12.2. The molecule has 0 saturated carbocycles. The van der Waals surface area contributed by atoms with Crippen LogP contribution in [0.25, 0.3) is 0 Å². The highest BCUT2D eigenvalue weighted by Gasteiger charge is 2.13. The van der Waals surface area contributed by atoms with E-state index in [1.165, 1.54) is 19.3 Å². The van der Waals surface area contributed by atoms with Crippen molar-refractivity contribution in [2.75, 3.05) is 25.5 Å². The minimum atomic E-state index is 0.480. The van der Waals surface area contributed by atoms with Crippen LogP contribution in [0.2, 0.25) is 0 Å². The normalized spacial score (nSPS) is 20.7. The van der Waals surface area contributed by atoms with Crippen molar-refractivity contribution < 1.29 is 4.74 Å². The second kappa shape index (κ2) is 5.87. The lowest BCUT2D eigenvalue weighted by atomic mass is 10.1. The molecule has 1 aliphatic rings. The summed E-state index contributed by atoms with van der Waals surface area (Å²) in [7, 11) is 1.68. The van der Waals surface area contributed by atoms with Gasteiger partial charge in [0.05, 0.1) is 19.0 Å². The summed E-state index contributed by atoms with van der Waals surface area (Å²) in [5.74, 6) is 0.819. The summed E-state index contributed by atoms with van der Waals surface area (Å²) < 4.78 is 5.33. The van der Waals surface area contributed by atoms with Gasteiger partial charge in [-0.3, -0.25) is 4.98 Å². The Morgan fingerprint density at radius 1 is 1.47 bits per heavy atom. The van der Waals surface area contributed by atoms with Gasteiger partial charge in [0, 0.05) is 18.3 Å². The zero-order valence-corrected chi connectivity index (χ0v) is 10.6. The van der Waals surface area contributed by atoms with Gasteiger partial charge >= 0.3 is 0 Å². The molecular formula is C13H21N3O. The quantitative estimate of drug-likeness (QED) is 0.840. The fourth-order valence-corrected chi connectivity index (χ4v) is 2.18. The number of nitrogens with one attached hydrogen (secondary N) is 2. The number of anilines is 1. The third-order valence-electron chi connectivity index (χ3n) is 3.13. The molecule has 0 amide bonds. The SMILES string of the molecule is COc1cnc(C)cc1NC1CCCCNC1. The number of ether oxygens (including phenoxy) is 1. The van der Waals surface area contributed by atoms with E-state index in [0.29, 0.717) is 6.04 Å². The van der Waals surface area contributed by atoms with Gasteiger partial charge in [-0.2, -0.15) is 0 Å². The van der Waals surface area contributed by atoms with Crippen LogP contribution >= 0.6 is 0 Å². The zero-order chi connectivity index (χ0) is 12.1. The summed E-state index contributed by atoms with van der Waals surface area (Å²) in [6.07, 6.45) is 5.53. The van der Waals surface area contributed by atoms with E-state index < -0.39 is 0 Å². The Kier molecular flexibility index (Phi) is 4.20. The number of rotatable bonds is 3. The van der Waals surface area contributed by atoms with Gasteiger partial charge < -0.3 is 15.4 Å². The van der Waals surface area contributed by atoms with Crippen LogP contribution in [-0.2, 0) is 0 Å². The summed E-state index contributed by atoms with van der Waals surface area (Å²) in [4.78, 5) is 4.24.